The molecule has 1 heteroatoms. The first kappa shape index (κ1) is 18.9. The molecule has 4 rings (SSSR count). The Hall–Kier alpha value is -3.44. The van der Waals surface area contributed by atoms with Crippen molar-refractivity contribution in [1.82, 2.24) is 0 Å². The first-order valence-corrected chi connectivity index (χ1v) is 11.0. The Balaban J connectivity index is 1.90. The van der Waals surface area contributed by atoms with E-state index < -0.39 is 7.53 Å². The molecule has 0 amide bonds. The first-order valence-electron chi connectivity index (χ1n) is 9.65. The van der Waals surface area contributed by atoms with Crippen molar-refractivity contribution in [1.29, 1.82) is 0 Å². The molecule has 0 aliphatic heterocycles. The van der Waals surface area contributed by atoms with Crippen LogP contribution in [0.4, 0.5) is 0 Å². The molecule has 0 aliphatic carbocycles. The third kappa shape index (κ3) is 4.20. The summed E-state index contributed by atoms with van der Waals surface area (Å²) >= 11 is 0. The predicted molar refractivity (Wildman–Crippen MR) is 125 cm³/mol. The van der Waals surface area contributed by atoms with Crippen LogP contribution in [0.2, 0.25) is 0 Å². The van der Waals surface area contributed by atoms with Crippen molar-refractivity contribution in [3.63, 3.8) is 0 Å². The lowest BCUT2D eigenvalue weighted by Gasteiger charge is -2.04. The topological polar surface area (TPSA) is 0 Å². The fourth-order valence-corrected chi connectivity index (χ4v) is 5.79. The highest BCUT2D eigenvalue weighted by Gasteiger charge is 2.17. The number of benzene rings is 3. The lowest BCUT2D eigenvalue weighted by atomic mass is 10.1. The summed E-state index contributed by atoms with van der Waals surface area (Å²) in [4.78, 5) is 0. The Bertz CT molecular complexity index is 1160. The van der Waals surface area contributed by atoms with Crippen molar-refractivity contribution in [2.24, 2.45) is 0 Å². The summed E-state index contributed by atoms with van der Waals surface area (Å²) in [7, 11) is -0.726. The second kappa shape index (κ2) is 8.71. The largest absolute Gasteiger partial charge is 0.0622 e. The average Bonchev–Trinajstić information content (AvgIpc) is 3.02. The minimum absolute atomic E-state index is 0.726. The third-order valence-electron chi connectivity index (χ3n) is 4.93. The molecular weight excluding hydrogens is 367 g/mol. The molecule has 0 nitrogen and oxygen atoms in total. The standard InChI is InChI=1S/C28H21P/c1-22-23(2)28(21-19-25-14-8-4-9-15-25)29(26-16-10-5-11-17-26)27(22)20-18-24-12-6-3-7-13-24/h3-17H,1-2H3. The molecule has 1 aromatic heterocycles. The van der Waals surface area contributed by atoms with Gasteiger partial charge in [-0.15, -0.1) is 0 Å². The van der Waals surface area contributed by atoms with Crippen molar-refractivity contribution < 1.29 is 0 Å². The smallest absolute Gasteiger partial charge is 0.0530 e. The van der Waals surface area contributed by atoms with E-state index in [0.717, 1.165) is 11.1 Å². The molecule has 0 fully saturated rings. The highest BCUT2D eigenvalue weighted by atomic mass is 31.1. The third-order valence-corrected chi connectivity index (χ3v) is 7.54. The maximum atomic E-state index is 3.50. The van der Waals surface area contributed by atoms with Gasteiger partial charge < -0.3 is 0 Å². The van der Waals surface area contributed by atoms with Crippen molar-refractivity contribution in [3.8, 4) is 29.0 Å². The van der Waals surface area contributed by atoms with E-state index in [2.05, 4.69) is 92.1 Å². The van der Waals surface area contributed by atoms with Crippen LogP contribution in [0.25, 0.3) is 5.30 Å². The fraction of sp³-hybridized carbons (Fsp3) is 0.0714. The molecule has 0 N–H and O–H groups in total. The molecule has 0 unspecified atom stereocenters. The first-order chi connectivity index (χ1) is 14.2. The van der Waals surface area contributed by atoms with E-state index in [9.17, 15) is 0 Å². The van der Waals surface area contributed by atoms with Gasteiger partial charge in [0.25, 0.3) is 0 Å². The Morgan fingerprint density at radius 1 is 0.483 bits per heavy atom. The summed E-state index contributed by atoms with van der Waals surface area (Å²) in [5.74, 6) is 13.7. The van der Waals surface area contributed by atoms with E-state index in [1.54, 1.807) is 0 Å². The minimum Gasteiger partial charge on any atom is -0.0622 e. The van der Waals surface area contributed by atoms with E-state index in [1.807, 2.05) is 36.4 Å². The van der Waals surface area contributed by atoms with Gasteiger partial charge in [-0.1, -0.05) is 97.9 Å². The van der Waals surface area contributed by atoms with Gasteiger partial charge in [-0.3, -0.25) is 0 Å². The number of hydrogen-bond donors (Lipinski definition) is 0. The lowest BCUT2D eigenvalue weighted by Crippen LogP contribution is -1.78. The van der Waals surface area contributed by atoms with Crippen molar-refractivity contribution >= 4 is 7.53 Å². The van der Waals surface area contributed by atoms with Crippen molar-refractivity contribution in [2.45, 2.75) is 13.8 Å². The Labute approximate surface area is 174 Å². The SMILES string of the molecule is Cc1c(C)c(C#Cc2ccccc2)p(-c2ccccc2)c1C#Cc1ccccc1. The molecular formula is C28H21P. The predicted octanol–water partition coefficient (Wildman–Crippen LogP) is 7.08. The molecule has 0 bridgehead atoms. The molecule has 4 aromatic rings. The summed E-state index contributed by atoms with van der Waals surface area (Å²) in [5, 5.41) is 3.73. The lowest BCUT2D eigenvalue weighted by molar-refractivity contribution is 1.38. The molecule has 0 saturated heterocycles. The summed E-state index contributed by atoms with van der Waals surface area (Å²) in [6.07, 6.45) is 0. The quantitative estimate of drug-likeness (QED) is 0.306. The van der Waals surface area contributed by atoms with Crippen LogP contribution in [0.5, 0.6) is 0 Å². The van der Waals surface area contributed by atoms with Crippen LogP contribution in [0.1, 0.15) is 32.8 Å². The fourth-order valence-electron chi connectivity index (χ4n) is 3.24. The van der Waals surface area contributed by atoms with Gasteiger partial charge >= 0.3 is 0 Å². The van der Waals surface area contributed by atoms with Crippen LogP contribution in [0.15, 0.2) is 91.0 Å². The van der Waals surface area contributed by atoms with Crippen LogP contribution in [-0.2, 0) is 0 Å². The van der Waals surface area contributed by atoms with Gasteiger partial charge in [0.2, 0.25) is 0 Å². The van der Waals surface area contributed by atoms with Gasteiger partial charge in [0.05, 0.1) is 10.6 Å². The van der Waals surface area contributed by atoms with Crippen LogP contribution in [0.3, 0.4) is 0 Å². The molecule has 0 atom stereocenters. The zero-order valence-electron chi connectivity index (χ0n) is 16.6. The van der Waals surface area contributed by atoms with Gasteiger partial charge in [-0.05, 0) is 49.2 Å². The maximum absolute atomic E-state index is 3.50. The molecule has 0 spiro atoms. The summed E-state index contributed by atoms with van der Waals surface area (Å²) in [6.45, 7) is 4.36. The van der Waals surface area contributed by atoms with Crippen LogP contribution in [0, 0.1) is 37.5 Å². The van der Waals surface area contributed by atoms with Gasteiger partial charge in [-0.25, -0.2) is 0 Å². The summed E-state index contributed by atoms with van der Waals surface area (Å²) in [6, 6.07) is 31.0. The molecule has 29 heavy (non-hydrogen) atoms. The monoisotopic (exact) mass is 388 g/mol. The summed E-state index contributed by atoms with van der Waals surface area (Å²) < 4.78 is 0. The van der Waals surface area contributed by atoms with Gasteiger partial charge in [-0.2, -0.15) is 0 Å². The van der Waals surface area contributed by atoms with E-state index in [4.69, 9.17) is 0 Å². The van der Waals surface area contributed by atoms with Crippen LogP contribution in [-0.4, -0.2) is 0 Å². The highest BCUT2D eigenvalue weighted by Crippen LogP contribution is 2.51. The molecule has 138 valence electrons. The highest BCUT2D eigenvalue weighted by molar-refractivity contribution is 7.59. The van der Waals surface area contributed by atoms with Gasteiger partial charge in [0.15, 0.2) is 0 Å². The van der Waals surface area contributed by atoms with Crippen LogP contribution < -0.4 is 0 Å². The Kier molecular flexibility index (Phi) is 5.68. The normalized spacial score (nSPS) is 9.86. The molecule has 1 heterocycles. The molecule has 0 saturated carbocycles. The summed E-state index contributed by atoms with van der Waals surface area (Å²) in [5.41, 5.74) is 4.61. The van der Waals surface area contributed by atoms with Crippen LogP contribution >= 0.6 is 7.53 Å². The second-order valence-electron chi connectivity index (χ2n) is 6.85. The Morgan fingerprint density at radius 3 is 1.28 bits per heavy atom. The van der Waals surface area contributed by atoms with E-state index in [0.29, 0.717) is 0 Å². The zero-order chi connectivity index (χ0) is 20.1. The Morgan fingerprint density at radius 2 is 0.862 bits per heavy atom. The molecule has 0 aliphatic rings. The zero-order valence-corrected chi connectivity index (χ0v) is 17.5. The minimum atomic E-state index is -0.726. The molecule has 0 radical (unpaired) electrons. The van der Waals surface area contributed by atoms with E-state index >= 15 is 0 Å². The van der Waals surface area contributed by atoms with Crippen molar-refractivity contribution in [2.75, 3.05) is 0 Å². The number of hydrogen-bond acceptors (Lipinski definition) is 0. The van der Waals surface area contributed by atoms with Gasteiger partial charge in [0.1, 0.15) is 0 Å². The van der Waals surface area contributed by atoms with Crippen molar-refractivity contribution in [3.05, 3.63) is 124 Å². The van der Waals surface area contributed by atoms with E-state index in [-0.39, 0.29) is 0 Å². The van der Waals surface area contributed by atoms with E-state index in [1.165, 1.54) is 27.0 Å². The maximum Gasteiger partial charge on any atom is 0.0530 e. The average molecular weight is 388 g/mol. The number of rotatable bonds is 1. The molecule has 3 aromatic carbocycles. The second-order valence-corrected chi connectivity index (χ2v) is 8.93. The van der Waals surface area contributed by atoms with Gasteiger partial charge in [0, 0.05) is 16.4 Å².